The van der Waals surface area contributed by atoms with Gasteiger partial charge in [0.1, 0.15) is 6.26 Å². The smallest absolute Gasteiger partial charge is 0.249 e. The highest BCUT2D eigenvalue weighted by Gasteiger charge is 2.17. The summed E-state index contributed by atoms with van der Waals surface area (Å²) in [4.78, 5) is 4.21. The lowest BCUT2D eigenvalue weighted by Crippen LogP contribution is -2.12. The summed E-state index contributed by atoms with van der Waals surface area (Å²) in [6.07, 6.45) is 3.10. The van der Waals surface area contributed by atoms with Gasteiger partial charge in [0.05, 0.1) is 23.2 Å². The molecule has 0 saturated heterocycles. The molecule has 0 aliphatic rings. The topological polar surface area (TPSA) is 101 Å². The Morgan fingerprint density at radius 1 is 1.10 bits per heavy atom. The lowest BCUT2D eigenvalue weighted by Gasteiger charge is -2.15. The summed E-state index contributed by atoms with van der Waals surface area (Å²) in [5.74, 6) is 0.542. The molecule has 0 spiro atoms. The number of nitrogens with zero attached hydrogens (tertiary/aromatic N) is 3. The van der Waals surface area contributed by atoms with E-state index in [1.807, 2.05) is 42.5 Å². The van der Waals surface area contributed by atoms with Crippen LogP contribution in [0.5, 0.6) is 0 Å². The van der Waals surface area contributed by atoms with Crippen LogP contribution in [0.2, 0.25) is 0 Å². The van der Waals surface area contributed by atoms with Crippen molar-refractivity contribution < 1.29 is 13.2 Å². The first-order valence-electron chi connectivity index (χ1n) is 9.15. The molecule has 2 aromatic carbocycles. The third-order valence-electron chi connectivity index (χ3n) is 4.41. The summed E-state index contributed by atoms with van der Waals surface area (Å²) in [6.45, 7) is 4.11. The van der Waals surface area contributed by atoms with Crippen molar-refractivity contribution in [3.05, 3.63) is 60.5 Å². The number of aromatic nitrogens is 3. The van der Waals surface area contributed by atoms with Crippen LogP contribution in [0.15, 0.2) is 59.3 Å². The van der Waals surface area contributed by atoms with Crippen LogP contribution in [-0.4, -0.2) is 30.0 Å². The fraction of sp³-hybridized carbons (Fsp3) is 0.190. The summed E-state index contributed by atoms with van der Waals surface area (Å²) < 4.78 is 25.4. The van der Waals surface area contributed by atoms with Crippen molar-refractivity contribution in [2.75, 3.05) is 5.32 Å². The molecule has 0 radical (unpaired) electrons. The van der Waals surface area contributed by atoms with Gasteiger partial charge in [-0.3, -0.25) is 0 Å². The first-order chi connectivity index (χ1) is 14.0. The zero-order valence-electron chi connectivity index (χ0n) is 16.0. The second-order valence-corrected chi connectivity index (χ2v) is 7.89. The second kappa shape index (κ2) is 8.10. The van der Waals surface area contributed by atoms with Crippen LogP contribution in [-0.2, 0) is 16.8 Å². The predicted octanol–water partition coefficient (Wildman–Crippen LogP) is 4.49. The van der Waals surface area contributed by atoms with E-state index in [1.165, 1.54) is 6.26 Å². The van der Waals surface area contributed by atoms with Gasteiger partial charge in [-0.1, -0.05) is 30.3 Å². The Labute approximate surface area is 170 Å². The standard InChI is InChI=1S/C21H20N4O3S/c1-13(2)23-19-17-8-7-16(15-5-3-14(4-6-15)12-29(26)27)11-18(17)24-25-20(19)21-22-9-10-28-21/h3-11,13H,12H2,1-2H3,(H,23,24)(H,26,27). The molecule has 0 aliphatic heterocycles. The Hall–Kier alpha value is -3.10. The third-order valence-corrected chi connectivity index (χ3v) is 4.99. The summed E-state index contributed by atoms with van der Waals surface area (Å²) in [7, 11) is 0. The van der Waals surface area contributed by atoms with Crippen molar-refractivity contribution in [1.29, 1.82) is 0 Å². The highest BCUT2D eigenvalue weighted by Crippen LogP contribution is 2.33. The van der Waals surface area contributed by atoms with Crippen molar-refractivity contribution >= 4 is 27.7 Å². The molecule has 2 N–H and O–H groups in total. The summed E-state index contributed by atoms with van der Waals surface area (Å²) in [6, 6.07) is 13.8. The number of rotatable bonds is 6. The summed E-state index contributed by atoms with van der Waals surface area (Å²) in [5, 5.41) is 13.1. The van der Waals surface area contributed by atoms with Gasteiger partial charge in [-0.05, 0) is 42.7 Å². The quantitative estimate of drug-likeness (QED) is 0.453. The van der Waals surface area contributed by atoms with Gasteiger partial charge in [0.15, 0.2) is 16.8 Å². The van der Waals surface area contributed by atoms with Crippen LogP contribution in [0, 0.1) is 0 Å². The van der Waals surface area contributed by atoms with E-state index in [-0.39, 0.29) is 11.8 Å². The molecular weight excluding hydrogens is 388 g/mol. The Morgan fingerprint density at radius 2 is 1.86 bits per heavy atom. The number of oxazole rings is 1. The Bertz CT molecular complexity index is 1160. The van der Waals surface area contributed by atoms with E-state index in [4.69, 9.17) is 8.97 Å². The van der Waals surface area contributed by atoms with E-state index >= 15 is 0 Å². The van der Waals surface area contributed by atoms with Crippen LogP contribution >= 0.6 is 0 Å². The van der Waals surface area contributed by atoms with Gasteiger partial charge in [0, 0.05) is 11.4 Å². The largest absolute Gasteiger partial charge is 0.443 e. The fourth-order valence-electron chi connectivity index (χ4n) is 3.15. The molecule has 8 heteroatoms. The Morgan fingerprint density at radius 3 is 2.52 bits per heavy atom. The second-order valence-electron chi connectivity index (χ2n) is 6.95. The van der Waals surface area contributed by atoms with Crippen molar-refractivity contribution in [3.8, 4) is 22.7 Å². The van der Waals surface area contributed by atoms with Crippen molar-refractivity contribution in [1.82, 2.24) is 15.2 Å². The molecule has 7 nitrogen and oxygen atoms in total. The maximum atomic E-state index is 11.0. The van der Waals surface area contributed by atoms with Gasteiger partial charge >= 0.3 is 0 Å². The Kier molecular flexibility index (Phi) is 5.37. The van der Waals surface area contributed by atoms with E-state index in [1.54, 1.807) is 6.20 Å². The van der Waals surface area contributed by atoms with Crippen LogP contribution in [0.1, 0.15) is 19.4 Å². The van der Waals surface area contributed by atoms with Crippen LogP contribution in [0.4, 0.5) is 5.69 Å². The van der Waals surface area contributed by atoms with Crippen molar-refractivity contribution in [2.24, 2.45) is 0 Å². The first kappa shape index (κ1) is 19.2. The van der Waals surface area contributed by atoms with E-state index in [0.29, 0.717) is 11.6 Å². The monoisotopic (exact) mass is 408 g/mol. The first-order valence-corrected chi connectivity index (χ1v) is 10.4. The van der Waals surface area contributed by atoms with Gasteiger partial charge in [-0.15, -0.1) is 10.2 Å². The number of fused-ring (bicyclic) bond motifs is 1. The molecule has 4 aromatic rings. The van der Waals surface area contributed by atoms with Crippen LogP contribution < -0.4 is 5.32 Å². The molecule has 0 amide bonds. The molecule has 0 fully saturated rings. The lowest BCUT2D eigenvalue weighted by molar-refractivity contribution is 0.563. The SMILES string of the molecule is CC(C)Nc1c(-c2ncco2)nnc2cc(-c3ccc(CS(=O)O)cc3)ccc12. The van der Waals surface area contributed by atoms with Gasteiger partial charge in [-0.2, -0.15) is 0 Å². The highest BCUT2D eigenvalue weighted by molar-refractivity contribution is 7.78. The zero-order chi connectivity index (χ0) is 20.4. The molecule has 148 valence electrons. The van der Waals surface area contributed by atoms with Gasteiger partial charge in [0.2, 0.25) is 5.89 Å². The average molecular weight is 408 g/mol. The molecule has 0 aliphatic carbocycles. The molecule has 1 unspecified atom stereocenters. The number of nitrogens with one attached hydrogen (secondary N) is 1. The molecule has 29 heavy (non-hydrogen) atoms. The molecule has 2 heterocycles. The molecular formula is C21H20N4O3S. The molecule has 0 saturated carbocycles. The minimum atomic E-state index is -1.85. The maximum Gasteiger partial charge on any atom is 0.249 e. The predicted molar refractivity (Wildman–Crippen MR) is 114 cm³/mol. The number of benzene rings is 2. The zero-order valence-corrected chi connectivity index (χ0v) is 16.8. The van der Waals surface area contributed by atoms with E-state index < -0.39 is 11.1 Å². The van der Waals surface area contributed by atoms with Crippen LogP contribution in [0.3, 0.4) is 0 Å². The molecule has 2 aromatic heterocycles. The average Bonchev–Trinajstić information content (AvgIpc) is 3.22. The number of hydrogen-bond donors (Lipinski definition) is 2. The van der Waals surface area contributed by atoms with Crippen molar-refractivity contribution in [3.63, 3.8) is 0 Å². The lowest BCUT2D eigenvalue weighted by atomic mass is 10.0. The summed E-state index contributed by atoms with van der Waals surface area (Å²) in [5.41, 5.74) is 4.96. The third kappa shape index (κ3) is 4.18. The molecule has 0 bridgehead atoms. The normalized spacial score (nSPS) is 12.4. The summed E-state index contributed by atoms with van der Waals surface area (Å²) >= 11 is -1.85. The van der Waals surface area contributed by atoms with Crippen molar-refractivity contribution in [2.45, 2.75) is 25.6 Å². The van der Waals surface area contributed by atoms with E-state index in [0.717, 1.165) is 33.3 Å². The molecule has 4 rings (SSSR count). The van der Waals surface area contributed by atoms with Gasteiger partial charge < -0.3 is 14.3 Å². The minimum absolute atomic E-state index is 0.122. The Balaban J connectivity index is 1.76. The number of hydrogen-bond acceptors (Lipinski definition) is 6. The maximum absolute atomic E-state index is 11.0. The molecule has 1 atom stereocenters. The van der Waals surface area contributed by atoms with Crippen LogP contribution in [0.25, 0.3) is 33.6 Å². The van der Waals surface area contributed by atoms with Gasteiger partial charge in [0.25, 0.3) is 0 Å². The fourth-order valence-corrected chi connectivity index (χ4v) is 3.63. The number of anilines is 1. The minimum Gasteiger partial charge on any atom is -0.443 e. The highest BCUT2D eigenvalue weighted by atomic mass is 32.2. The van der Waals surface area contributed by atoms with Gasteiger partial charge in [-0.25, -0.2) is 9.19 Å². The van der Waals surface area contributed by atoms with E-state index in [2.05, 4.69) is 34.3 Å². The van der Waals surface area contributed by atoms with E-state index in [9.17, 15) is 4.21 Å².